The number of fused-ring (bicyclic) bond motifs is 1. The number of phenols is 1. The summed E-state index contributed by atoms with van der Waals surface area (Å²) in [6.07, 6.45) is 7.92. The Morgan fingerprint density at radius 2 is 1.96 bits per heavy atom. The number of para-hydroxylation sites is 1. The molecule has 0 amide bonds. The quantitative estimate of drug-likeness (QED) is 0.905. The van der Waals surface area contributed by atoms with Gasteiger partial charge in [0.15, 0.2) is 0 Å². The van der Waals surface area contributed by atoms with Gasteiger partial charge in [0.05, 0.1) is 18.9 Å². The summed E-state index contributed by atoms with van der Waals surface area (Å²) in [5.74, 6) is 1.16. The van der Waals surface area contributed by atoms with Crippen LogP contribution in [0.15, 0.2) is 59.6 Å². The number of aliphatic imine (C=N–C) groups is 1. The maximum absolute atomic E-state index is 9.93. The van der Waals surface area contributed by atoms with Crippen LogP contribution in [-0.2, 0) is 6.54 Å². The van der Waals surface area contributed by atoms with Crippen molar-refractivity contribution in [2.45, 2.75) is 13.5 Å². The monoisotopic (exact) mass is 305 g/mol. The first-order valence-electron chi connectivity index (χ1n) is 7.71. The number of benzene rings is 2. The number of aromatic hydroxyl groups is 1. The van der Waals surface area contributed by atoms with E-state index in [0.29, 0.717) is 18.9 Å². The summed E-state index contributed by atoms with van der Waals surface area (Å²) < 4.78 is 5.63. The SMILES string of the molecule is CCOc1ccccc1/C=C/C1=NCc2c(O)cccc2C=C1. The van der Waals surface area contributed by atoms with Crippen molar-refractivity contribution < 1.29 is 9.84 Å². The lowest BCUT2D eigenvalue weighted by atomic mass is 10.1. The van der Waals surface area contributed by atoms with Crippen LogP contribution >= 0.6 is 0 Å². The van der Waals surface area contributed by atoms with Gasteiger partial charge in [-0.1, -0.05) is 36.4 Å². The van der Waals surface area contributed by atoms with E-state index in [0.717, 1.165) is 28.2 Å². The number of rotatable bonds is 4. The molecule has 0 fully saturated rings. The van der Waals surface area contributed by atoms with Gasteiger partial charge in [-0.25, -0.2) is 0 Å². The van der Waals surface area contributed by atoms with E-state index in [2.05, 4.69) is 4.99 Å². The normalized spacial score (nSPS) is 13.5. The van der Waals surface area contributed by atoms with Gasteiger partial charge < -0.3 is 9.84 Å². The molecule has 0 aliphatic carbocycles. The second-order valence-electron chi connectivity index (χ2n) is 5.22. The smallest absolute Gasteiger partial charge is 0.126 e. The predicted octanol–water partition coefficient (Wildman–Crippen LogP) is 4.47. The first-order valence-corrected chi connectivity index (χ1v) is 7.71. The van der Waals surface area contributed by atoms with Crippen LogP contribution in [0, 0.1) is 0 Å². The lowest BCUT2D eigenvalue weighted by Crippen LogP contribution is -1.94. The van der Waals surface area contributed by atoms with Crippen molar-refractivity contribution in [3.63, 3.8) is 0 Å². The molecule has 3 heteroatoms. The largest absolute Gasteiger partial charge is 0.508 e. The average Bonchev–Trinajstić information content (AvgIpc) is 2.78. The predicted molar refractivity (Wildman–Crippen MR) is 94.9 cm³/mol. The third-order valence-corrected chi connectivity index (χ3v) is 3.69. The van der Waals surface area contributed by atoms with E-state index in [9.17, 15) is 5.11 Å². The zero-order chi connectivity index (χ0) is 16.1. The first kappa shape index (κ1) is 15.1. The van der Waals surface area contributed by atoms with E-state index in [1.807, 2.05) is 67.6 Å². The molecule has 0 radical (unpaired) electrons. The van der Waals surface area contributed by atoms with Gasteiger partial charge in [-0.15, -0.1) is 0 Å². The molecule has 3 rings (SSSR count). The van der Waals surface area contributed by atoms with Gasteiger partial charge >= 0.3 is 0 Å². The van der Waals surface area contributed by atoms with Crippen LogP contribution < -0.4 is 4.74 Å². The first-order chi connectivity index (χ1) is 11.3. The van der Waals surface area contributed by atoms with Crippen LogP contribution in [0.3, 0.4) is 0 Å². The Morgan fingerprint density at radius 3 is 2.83 bits per heavy atom. The molecular formula is C20H19NO2. The third kappa shape index (κ3) is 3.51. The number of nitrogens with zero attached hydrogens (tertiary/aromatic N) is 1. The zero-order valence-electron chi connectivity index (χ0n) is 13.1. The van der Waals surface area contributed by atoms with Gasteiger partial charge in [0.2, 0.25) is 0 Å². The molecule has 0 bridgehead atoms. The molecule has 0 saturated carbocycles. The fraction of sp³-hybridized carbons (Fsp3) is 0.150. The van der Waals surface area contributed by atoms with Crippen molar-refractivity contribution in [3.8, 4) is 11.5 Å². The highest BCUT2D eigenvalue weighted by Gasteiger charge is 2.08. The molecule has 0 spiro atoms. The molecule has 2 aromatic carbocycles. The van der Waals surface area contributed by atoms with Crippen molar-refractivity contribution in [3.05, 3.63) is 71.3 Å². The molecule has 116 valence electrons. The van der Waals surface area contributed by atoms with Gasteiger partial charge in [0, 0.05) is 11.1 Å². The molecule has 0 saturated heterocycles. The average molecular weight is 305 g/mol. The number of allylic oxidation sites excluding steroid dienone is 2. The van der Waals surface area contributed by atoms with Crippen LogP contribution in [-0.4, -0.2) is 17.4 Å². The summed E-state index contributed by atoms with van der Waals surface area (Å²) in [4.78, 5) is 4.56. The minimum absolute atomic E-state index is 0.294. The maximum atomic E-state index is 9.93. The standard InChI is InChI=1S/C20H19NO2/c1-2-23-20-9-4-3-6-16(20)11-13-17-12-10-15-7-5-8-19(22)18(15)14-21-17/h3-13,22H,2,14H2,1H3/b13-11+. The molecule has 23 heavy (non-hydrogen) atoms. The summed E-state index contributed by atoms with van der Waals surface area (Å²) in [6, 6.07) is 13.5. The second-order valence-corrected chi connectivity index (χ2v) is 5.22. The maximum Gasteiger partial charge on any atom is 0.126 e. The minimum atomic E-state index is 0.294. The molecular weight excluding hydrogens is 286 g/mol. The van der Waals surface area contributed by atoms with Crippen LogP contribution in [0.5, 0.6) is 11.5 Å². The van der Waals surface area contributed by atoms with Crippen molar-refractivity contribution in [1.82, 2.24) is 0 Å². The van der Waals surface area contributed by atoms with Gasteiger partial charge in [0.25, 0.3) is 0 Å². The number of hydrogen-bond acceptors (Lipinski definition) is 3. The number of hydrogen-bond donors (Lipinski definition) is 1. The fourth-order valence-electron chi connectivity index (χ4n) is 2.51. The molecule has 0 atom stereocenters. The third-order valence-electron chi connectivity index (χ3n) is 3.69. The summed E-state index contributed by atoms with van der Waals surface area (Å²) in [5.41, 5.74) is 3.76. The van der Waals surface area contributed by atoms with Crippen LogP contribution in [0.4, 0.5) is 0 Å². The van der Waals surface area contributed by atoms with Crippen LogP contribution in [0.1, 0.15) is 23.6 Å². The summed E-state index contributed by atoms with van der Waals surface area (Å²) in [6.45, 7) is 3.09. The lowest BCUT2D eigenvalue weighted by Gasteiger charge is -2.06. The zero-order valence-corrected chi connectivity index (χ0v) is 13.1. The molecule has 1 aliphatic heterocycles. The summed E-state index contributed by atoms with van der Waals surface area (Å²) >= 11 is 0. The molecule has 1 N–H and O–H groups in total. The van der Waals surface area contributed by atoms with E-state index in [-0.39, 0.29) is 0 Å². The van der Waals surface area contributed by atoms with E-state index in [1.165, 1.54) is 0 Å². The van der Waals surface area contributed by atoms with Crippen LogP contribution in [0.25, 0.3) is 12.2 Å². The molecule has 0 unspecified atom stereocenters. The number of ether oxygens (including phenoxy) is 1. The van der Waals surface area contributed by atoms with Crippen molar-refractivity contribution >= 4 is 17.9 Å². The lowest BCUT2D eigenvalue weighted by molar-refractivity contribution is 0.339. The Labute approximate surface area is 136 Å². The van der Waals surface area contributed by atoms with E-state index in [4.69, 9.17) is 4.74 Å². The molecule has 1 aliphatic rings. The Morgan fingerprint density at radius 1 is 1.09 bits per heavy atom. The van der Waals surface area contributed by atoms with E-state index in [1.54, 1.807) is 6.07 Å². The highest BCUT2D eigenvalue weighted by atomic mass is 16.5. The van der Waals surface area contributed by atoms with Crippen molar-refractivity contribution in [2.75, 3.05) is 6.61 Å². The van der Waals surface area contributed by atoms with Crippen LogP contribution in [0.2, 0.25) is 0 Å². The fourth-order valence-corrected chi connectivity index (χ4v) is 2.51. The second kappa shape index (κ2) is 6.97. The Bertz CT molecular complexity index is 788. The van der Waals surface area contributed by atoms with Gasteiger partial charge in [-0.3, -0.25) is 4.99 Å². The van der Waals surface area contributed by atoms with Crippen molar-refractivity contribution in [2.24, 2.45) is 4.99 Å². The molecule has 1 heterocycles. The Balaban J connectivity index is 1.83. The topological polar surface area (TPSA) is 41.8 Å². The van der Waals surface area contributed by atoms with Gasteiger partial charge in [-0.2, -0.15) is 0 Å². The Kier molecular flexibility index (Phi) is 4.57. The Hall–Kier alpha value is -2.81. The van der Waals surface area contributed by atoms with E-state index >= 15 is 0 Å². The molecule has 3 nitrogen and oxygen atoms in total. The highest BCUT2D eigenvalue weighted by molar-refractivity contribution is 6.09. The molecule has 0 aromatic heterocycles. The van der Waals surface area contributed by atoms with Crippen molar-refractivity contribution in [1.29, 1.82) is 0 Å². The van der Waals surface area contributed by atoms with E-state index < -0.39 is 0 Å². The van der Waals surface area contributed by atoms with Gasteiger partial charge in [0.1, 0.15) is 11.5 Å². The summed E-state index contributed by atoms with van der Waals surface area (Å²) in [5, 5.41) is 9.93. The van der Waals surface area contributed by atoms with Gasteiger partial charge in [-0.05, 0) is 42.8 Å². The number of phenolic OH excluding ortho intramolecular Hbond substituents is 1. The summed E-state index contributed by atoms with van der Waals surface area (Å²) in [7, 11) is 0. The minimum Gasteiger partial charge on any atom is -0.508 e. The molecule has 2 aromatic rings. The highest BCUT2D eigenvalue weighted by Crippen LogP contribution is 2.25.